The number of aromatic hydroxyl groups is 1. The highest BCUT2D eigenvalue weighted by molar-refractivity contribution is 5.97. The second kappa shape index (κ2) is 6.92. The molecule has 1 aliphatic heterocycles. The molecule has 1 saturated heterocycles. The van der Waals surface area contributed by atoms with Crippen molar-refractivity contribution in [3.05, 3.63) is 42.0 Å². The number of amides is 2. The fraction of sp³-hybridized carbons (Fsp3) is 0.353. The summed E-state index contributed by atoms with van der Waals surface area (Å²) in [7, 11) is 1.50. The molecule has 7 nitrogen and oxygen atoms in total. The molecule has 1 aromatic heterocycles. The van der Waals surface area contributed by atoms with Crippen LogP contribution in [0.1, 0.15) is 29.8 Å². The number of para-hydroxylation sites is 1. The Labute approximate surface area is 144 Å². The number of likely N-dealkylation sites (N-methyl/N-ethyl adjacent to an activating group) is 1. The third-order valence-corrected chi connectivity index (χ3v) is 4.29. The van der Waals surface area contributed by atoms with Crippen molar-refractivity contribution in [2.45, 2.75) is 25.3 Å². The maximum atomic E-state index is 13.9. The smallest absolute Gasteiger partial charge is 0.278 e. The molecular formula is C17H19FN4O3. The first-order chi connectivity index (χ1) is 12.0. The second-order valence-corrected chi connectivity index (χ2v) is 5.98. The average Bonchev–Trinajstić information content (AvgIpc) is 2.84. The molecule has 1 atom stereocenters. The monoisotopic (exact) mass is 346 g/mol. The molecule has 8 heteroatoms. The van der Waals surface area contributed by atoms with E-state index in [9.17, 15) is 19.1 Å². The first kappa shape index (κ1) is 16.9. The van der Waals surface area contributed by atoms with Crippen LogP contribution in [0.5, 0.6) is 5.75 Å². The van der Waals surface area contributed by atoms with Crippen molar-refractivity contribution in [3.63, 3.8) is 0 Å². The Hall–Kier alpha value is -2.90. The molecule has 0 radical (unpaired) electrons. The van der Waals surface area contributed by atoms with E-state index in [4.69, 9.17) is 0 Å². The quantitative estimate of drug-likeness (QED) is 0.881. The fourth-order valence-electron chi connectivity index (χ4n) is 2.88. The van der Waals surface area contributed by atoms with Crippen molar-refractivity contribution in [1.29, 1.82) is 0 Å². The first-order valence-corrected chi connectivity index (χ1v) is 8.07. The van der Waals surface area contributed by atoms with Crippen LogP contribution in [-0.4, -0.2) is 51.2 Å². The number of nitrogens with zero attached hydrogens (tertiary/aromatic N) is 3. The van der Waals surface area contributed by atoms with Crippen LogP contribution in [0.2, 0.25) is 0 Å². The van der Waals surface area contributed by atoms with E-state index in [0.717, 1.165) is 17.5 Å². The van der Waals surface area contributed by atoms with E-state index in [0.29, 0.717) is 13.0 Å². The summed E-state index contributed by atoms with van der Waals surface area (Å²) in [6.07, 6.45) is 3.39. The predicted molar refractivity (Wildman–Crippen MR) is 87.9 cm³/mol. The van der Waals surface area contributed by atoms with Crippen molar-refractivity contribution >= 4 is 11.8 Å². The van der Waals surface area contributed by atoms with Gasteiger partial charge in [-0.15, -0.1) is 0 Å². The lowest BCUT2D eigenvalue weighted by Gasteiger charge is -2.25. The summed E-state index contributed by atoms with van der Waals surface area (Å²) in [6.45, 7) is 0.588. The summed E-state index contributed by atoms with van der Waals surface area (Å²) < 4.78 is 15.0. The van der Waals surface area contributed by atoms with Gasteiger partial charge in [-0.1, -0.05) is 12.1 Å². The van der Waals surface area contributed by atoms with Gasteiger partial charge in [0, 0.05) is 13.6 Å². The molecule has 3 rings (SSSR count). The molecule has 2 aromatic rings. The van der Waals surface area contributed by atoms with Crippen molar-refractivity contribution in [2.24, 2.45) is 0 Å². The Morgan fingerprint density at radius 1 is 1.40 bits per heavy atom. The van der Waals surface area contributed by atoms with E-state index in [1.54, 1.807) is 6.07 Å². The molecule has 1 aliphatic rings. The zero-order chi connectivity index (χ0) is 18.0. The SMILES string of the molecule is CN(C(=O)c1nn(-c2ccccc2F)cc1O)C1CCCCNC1=O. The van der Waals surface area contributed by atoms with Gasteiger partial charge < -0.3 is 15.3 Å². The number of halogens is 1. The van der Waals surface area contributed by atoms with Gasteiger partial charge in [-0.25, -0.2) is 9.07 Å². The summed E-state index contributed by atoms with van der Waals surface area (Å²) in [5.74, 6) is -1.70. The number of hydrogen-bond acceptors (Lipinski definition) is 4. The lowest BCUT2D eigenvalue weighted by atomic mass is 10.1. The van der Waals surface area contributed by atoms with Crippen molar-refractivity contribution in [3.8, 4) is 11.4 Å². The number of hydrogen-bond donors (Lipinski definition) is 2. The van der Waals surface area contributed by atoms with Crippen molar-refractivity contribution in [2.75, 3.05) is 13.6 Å². The standard InChI is InChI=1S/C17H19FN4O3/c1-21(13-8-4-5-9-19-16(13)24)17(25)15-14(23)10-22(20-15)12-7-3-2-6-11(12)18/h2-3,6-7,10,13,23H,4-5,8-9H2,1H3,(H,19,24). The minimum Gasteiger partial charge on any atom is -0.504 e. The van der Waals surface area contributed by atoms with Gasteiger partial charge in [0.25, 0.3) is 5.91 Å². The van der Waals surface area contributed by atoms with E-state index in [2.05, 4.69) is 10.4 Å². The minimum absolute atomic E-state index is 0.117. The fourth-order valence-corrected chi connectivity index (χ4v) is 2.88. The van der Waals surface area contributed by atoms with Crippen LogP contribution in [0.4, 0.5) is 4.39 Å². The number of carbonyl (C=O) groups is 2. The molecule has 0 bridgehead atoms. The van der Waals surface area contributed by atoms with Gasteiger partial charge in [-0.05, 0) is 31.4 Å². The molecule has 0 saturated carbocycles. The van der Waals surface area contributed by atoms with Gasteiger partial charge in [0.15, 0.2) is 11.4 Å². The largest absolute Gasteiger partial charge is 0.504 e. The summed E-state index contributed by atoms with van der Waals surface area (Å²) in [5, 5.41) is 16.8. The number of rotatable bonds is 3. The summed E-state index contributed by atoms with van der Waals surface area (Å²) in [5.41, 5.74) is -0.102. The Kier molecular flexibility index (Phi) is 4.69. The number of carbonyl (C=O) groups excluding carboxylic acids is 2. The summed E-state index contributed by atoms with van der Waals surface area (Å²) in [4.78, 5) is 26.0. The van der Waals surface area contributed by atoms with Gasteiger partial charge in [0.2, 0.25) is 5.91 Å². The van der Waals surface area contributed by atoms with Crippen LogP contribution < -0.4 is 5.32 Å². The van der Waals surface area contributed by atoms with E-state index in [1.807, 2.05) is 0 Å². The zero-order valence-corrected chi connectivity index (χ0v) is 13.8. The molecule has 0 aliphatic carbocycles. The number of aromatic nitrogens is 2. The summed E-state index contributed by atoms with van der Waals surface area (Å²) >= 11 is 0. The van der Waals surface area contributed by atoms with E-state index < -0.39 is 17.8 Å². The molecule has 1 unspecified atom stereocenters. The van der Waals surface area contributed by atoms with E-state index in [1.165, 1.54) is 36.3 Å². The van der Waals surface area contributed by atoms with Crippen LogP contribution in [0.15, 0.2) is 30.5 Å². The predicted octanol–water partition coefficient (Wildman–Crippen LogP) is 1.46. The van der Waals surface area contributed by atoms with Crippen molar-refractivity contribution < 1.29 is 19.1 Å². The molecular weight excluding hydrogens is 327 g/mol. The van der Waals surface area contributed by atoms with Gasteiger partial charge in [0.1, 0.15) is 17.5 Å². The molecule has 2 N–H and O–H groups in total. The van der Waals surface area contributed by atoms with Crippen LogP contribution >= 0.6 is 0 Å². The van der Waals surface area contributed by atoms with Gasteiger partial charge in [-0.3, -0.25) is 9.59 Å². The molecule has 25 heavy (non-hydrogen) atoms. The highest BCUT2D eigenvalue weighted by Crippen LogP contribution is 2.22. The second-order valence-electron chi connectivity index (χ2n) is 5.98. The maximum absolute atomic E-state index is 13.9. The van der Waals surface area contributed by atoms with Gasteiger partial charge in [0.05, 0.1) is 6.20 Å². The van der Waals surface area contributed by atoms with Crippen LogP contribution in [0, 0.1) is 5.82 Å². The molecule has 132 valence electrons. The Bertz CT molecular complexity index is 805. The number of benzene rings is 1. The first-order valence-electron chi connectivity index (χ1n) is 8.07. The molecule has 1 aromatic carbocycles. The Morgan fingerprint density at radius 3 is 2.92 bits per heavy atom. The molecule has 2 heterocycles. The van der Waals surface area contributed by atoms with Crippen LogP contribution in [0.3, 0.4) is 0 Å². The normalized spacial score (nSPS) is 17.7. The van der Waals surface area contributed by atoms with Gasteiger partial charge in [-0.2, -0.15) is 5.10 Å². The lowest BCUT2D eigenvalue weighted by Crippen LogP contribution is -2.46. The molecule has 1 fully saturated rings. The average molecular weight is 346 g/mol. The van der Waals surface area contributed by atoms with E-state index in [-0.39, 0.29) is 23.0 Å². The Balaban J connectivity index is 1.87. The minimum atomic E-state index is -0.618. The molecule has 0 spiro atoms. The molecule has 2 amide bonds. The lowest BCUT2D eigenvalue weighted by molar-refractivity contribution is -0.125. The van der Waals surface area contributed by atoms with E-state index >= 15 is 0 Å². The Morgan fingerprint density at radius 2 is 2.16 bits per heavy atom. The maximum Gasteiger partial charge on any atom is 0.278 e. The zero-order valence-electron chi connectivity index (χ0n) is 13.8. The van der Waals surface area contributed by atoms with Gasteiger partial charge >= 0.3 is 0 Å². The van der Waals surface area contributed by atoms with Crippen LogP contribution in [-0.2, 0) is 4.79 Å². The number of nitrogens with one attached hydrogen (secondary N) is 1. The van der Waals surface area contributed by atoms with Crippen molar-refractivity contribution in [1.82, 2.24) is 20.0 Å². The highest BCUT2D eigenvalue weighted by Gasteiger charge is 2.31. The van der Waals surface area contributed by atoms with Crippen LogP contribution in [0.25, 0.3) is 5.69 Å². The highest BCUT2D eigenvalue weighted by atomic mass is 19.1. The third kappa shape index (κ3) is 3.33. The topological polar surface area (TPSA) is 87.5 Å². The third-order valence-electron chi connectivity index (χ3n) is 4.29. The summed E-state index contributed by atoms with van der Waals surface area (Å²) in [6, 6.07) is 5.29.